The van der Waals surface area contributed by atoms with E-state index in [2.05, 4.69) is 10.3 Å². The first-order chi connectivity index (χ1) is 14.0. The van der Waals surface area contributed by atoms with Crippen LogP contribution >= 0.6 is 11.3 Å². The van der Waals surface area contributed by atoms with Crippen LogP contribution in [-0.4, -0.2) is 26.9 Å². The van der Waals surface area contributed by atoms with E-state index in [1.54, 1.807) is 36.4 Å². The van der Waals surface area contributed by atoms with Crippen LogP contribution in [-0.2, 0) is 16.0 Å². The van der Waals surface area contributed by atoms with Gasteiger partial charge in [-0.05, 0) is 58.0 Å². The zero-order valence-corrected chi connectivity index (χ0v) is 15.9. The average Bonchev–Trinajstić information content (AvgIpc) is 3.02. The second-order valence-corrected chi connectivity index (χ2v) is 7.54. The molecule has 0 saturated carbocycles. The van der Waals surface area contributed by atoms with E-state index < -0.39 is 5.97 Å². The van der Waals surface area contributed by atoms with Crippen LogP contribution in [0.3, 0.4) is 0 Å². The number of thiazole rings is 1. The number of fused-ring (bicyclic) bond motifs is 1. The van der Waals surface area contributed by atoms with Crippen molar-refractivity contribution in [1.29, 1.82) is 0 Å². The molecule has 1 aliphatic rings. The van der Waals surface area contributed by atoms with Crippen molar-refractivity contribution < 1.29 is 19.8 Å². The van der Waals surface area contributed by atoms with Gasteiger partial charge in [-0.2, -0.15) is 4.98 Å². The number of nitrogens with zero attached hydrogens (tertiary/aromatic N) is 1. The summed E-state index contributed by atoms with van der Waals surface area (Å²) in [5, 5.41) is 24.4. The minimum atomic E-state index is -0.877. The van der Waals surface area contributed by atoms with Gasteiger partial charge >= 0.3 is 5.97 Å². The fourth-order valence-corrected chi connectivity index (χ4v) is 3.80. The number of benzene rings is 2. The molecule has 0 spiro atoms. The summed E-state index contributed by atoms with van der Waals surface area (Å²) in [4.78, 5) is 26.9. The fourth-order valence-electron chi connectivity index (χ4n) is 2.96. The number of carbonyl (C=O) groups excluding carboxylic acids is 1. The van der Waals surface area contributed by atoms with E-state index in [-0.39, 0.29) is 18.1 Å². The van der Waals surface area contributed by atoms with Crippen LogP contribution in [0.15, 0.2) is 48.5 Å². The molecule has 0 amide bonds. The molecule has 29 heavy (non-hydrogen) atoms. The number of rotatable bonds is 5. The third-order valence-electron chi connectivity index (χ3n) is 4.33. The zero-order chi connectivity index (χ0) is 20.4. The molecule has 6 nitrogen and oxygen atoms in total. The Labute approximate surface area is 169 Å². The summed E-state index contributed by atoms with van der Waals surface area (Å²) in [7, 11) is 0. The second kappa shape index (κ2) is 7.73. The van der Waals surface area contributed by atoms with Crippen molar-refractivity contribution in [2.45, 2.75) is 6.42 Å². The van der Waals surface area contributed by atoms with Crippen LogP contribution < -0.4 is 15.8 Å². The van der Waals surface area contributed by atoms with E-state index in [0.29, 0.717) is 15.6 Å². The van der Waals surface area contributed by atoms with Gasteiger partial charge in [0.1, 0.15) is 0 Å². The first-order valence-electron chi connectivity index (χ1n) is 8.79. The Bertz CT molecular complexity index is 1260. The third kappa shape index (κ3) is 4.41. The number of carboxylic acid groups (broad SMARTS) is 1. The molecule has 1 heterocycles. The maximum absolute atomic E-state index is 11.4. The molecule has 0 saturated heterocycles. The molecule has 7 heteroatoms. The molecule has 0 unspecified atom stereocenters. The Morgan fingerprint density at radius 2 is 1.93 bits per heavy atom. The lowest BCUT2D eigenvalue weighted by Gasteiger charge is -2.03. The molecule has 1 aliphatic carbocycles. The smallest absolute Gasteiger partial charge is 0.307 e. The number of allylic oxidation sites excluding steroid dienone is 1. The lowest BCUT2D eigenvalue weighted by molar-refractivity contribution is -0.136. The molecule has 0 bridgehead atoms. The predicted octanol–water partition coefficient (Wildman–Crippen LogP) is 2.42. The van der Waals surface area contributed by atoms with Crippen LogP contribution in [0.25, 0.3) is 18.2 Å². The molecule has 144 valence electrons. The molecular weight excluding hydrogens is 388 g/mol. The lowest BCUT2D eigenvalue weighted by atomic mass is 10.0. The van der Waals surface area contributed by atoms with Crippen LogP contribution in [0.2, 0.25) is 0 Å². The van der Waals surface area contributed by atoms with E-state index in [9.17, 15) is 14.7 Å². The molecule has 3 aromatic rings. The summed E-state index contributed by atoms with van der Waals surface area (Å²) in [6, 6.07) is 12.7. The number of hydrogen-bond donors (Lipinski definition) is 3. The number of nitrogens with one attached hydrogen (secondary N) is 1. The number of anilines is 2. The van der Waals surface area contributed by atoms with Gasteiger partial charge in [0.05, 0.1) is 11.3 Å². The maximum atomic E-state index is 11.4. The summed E-state index contributed by atoms with van der Waals surface area (Å²) in [5.74, 6) is -0.978. The molecule has 0 atom stereocenters. The fraction of sp³-hybridized carbons (Fsp3) is 0.0455. The minimum absolute atomic E-state index is 0.0268. The highest BCUT2D eigenvalue weighted by Gasteiger charge is 2.09. The Morgan fingerprint density at radius 3 is 2.69 bits per heavy atom. The predicted molar refractivity (Wildman–Crippen MR) is 113 cm³/mol. The van der Waals surface area contributed by atoms with Gasteiger partial charge in [0.2, 0.25) is 5.88 Å². The highest BCUT2D eigenvalue weighted by molar-refractivity contribution is 7.16. The van der Waals surface area contributed by atoms with E-state index in [1.807, 2.05) is 24.3 Å². The Balaban J connectivity index is 1.56. The van der Waals surface area contributed by atoms with Crippen molar-refractivity contribution in [1.82, 2.24) is 4.98 Å². The topological polar surface area (TPSA) is 99.5 Å². The van der Waals surface area contributed by atoms with Gasteiger partial charge in [0.25, 0.3) is 0 Å². The number of ketones is 1. The van der Waals surface area contributed by atoms with Crippen LogP contribution in [0, 0.1) is 0 Å². The Hall–Kier alpha value is -3.71. The van der Waals surface area contributed by atoms with Gasteiger partial charge in [-0.1, -0.05) is 41.7 Å². The van der Waals surface area contributed by atoms with Gasteiger partial charge in [-0.15, -0.1) is 0 Å². The highest BCUT2D eigenvalue weighted by atomic mass is 32.1. The molecule has 0 radical (unpaired) electrons. The minimum Gasteiger partial charge on any atom is -0.492 e. The molecule has 4 rings (SSSR count). The van der Waals surface area contributed by atoms with Gasteiger partial charge in [0.15, 0.2) is 10.9 Å². The van der Waals surface area contributed by atoms with E-state index in [1.165, 1.54) is 17.4 Å². The standard InChI is InChI=1S/C22H16N2O4S/c25-18-8-5-15-9-14(1-4-16(15)12-18)10-19-21(28)24-22(29-19)23-17-6-2-13(3-7-17)11-20(26)27/h1-10,12,28H,11H2,(H,23,24)(H,26,27)/b14-10+. The monoisotopic (exact) mass is 404 g/mol. The molecular formula is C22H16N2O4S. The first kappa shape index (κ1) is 18.6. The first-order valence-corrected chi connectivity index (χ1v) is 9.61. The number of aliphatic carboxylic acids is 1. The van der Waals surface area contributed by atoms with Gasteiger partial charge in [0, 0.05) is 5.69 Å². The van der Waals surface area contributed by atoms with Crippen molar-refractivity contribution in [3.8, 4) is 5.88 Å². The molecule has 2 aromatic carbocycles. The van der Waals surface area contributed by atoms with Gasteiger partial charge in [-0.3, -0.25) is 9.59 Å². The Kier molecular flexibility index (Phi) is 4.97. The van der Waals surface area contributed by atoms with Gasteiger partial charge < -0.3 is 15.5 Å². The lowest BCUT2D eigenvalue weighted by Crippen LogP contribution is -2.16. The SMILES string of the molecule is O=C1C=Cc2c/c(=C/c3sc(Nc4ccc(CC(=O)O)cc4)nc3O)ccc2=C1. The summed E-state index contributed by atoms with van der Waals surface area (Å²) < 4.78 is 0. The summed E-state index contributed by atoms with van der Waals surface area (Å²) in [5.41, 5.74) is 2.40. The quantitative estimate of drug-likeness (QED) is 0.604. The number of aromatic nitrogens is 1. The summed E-state index contributed by atoms with van der Waals surface area (Å²) in [6.07, 6.45) is 6.70. The Morgan fingerprint density at radius 1 is 1.14 bits per heavy atom. The van der Waals surface area contributed by atoms with E-state index in [4.69, 9.17) is 5.11 Å². The van der Waals surface area contributed by atoms with Gasteiger partial charge in [-0.25, -0.2) is 0 Å². The van der Waals surface area contributed by atoms with Crippen molar-refractivity contribution in [2.24, 2.45) is 0 Å². The number of carbonyl (C=O) groups is 2. The molecule has 3 N–H and O–H groups in total. The highest BCUT2D eigenvalue weighted by Crippen LogP contribution is 2.30. The van der Waals surface area contributed by atoms with E-state index in [0.717, 1.165) is 21.7 Å². The third-order valence-corrected chi connectivity index (χ3v) is 5.24. The summed E-state index contributed by atoms with van der Waals surface area (Å²) in [6.45, 7) is 0. The molecule has 0 aliphatic heterocycles. The van der Waals surface area contributed by atoms with Crippen molar-refractivity contribution in [2.75, 3.05) is 5.32 Å². The number of hydrogen-bond acceptors (Lipinski definition) is 6. The largest absolute Gasteiger partial charge is 0.492 e. The van der Waals surface area contributed by atoms with Crippen molar-refractivity contribution >= 4 is 52.1 Å². The zero-order valence-electron chi connectivity index (χ0n) is 15.1. The number of aromatic hydroxyl groups is 1. The van der Waals surface area contributed by atoms with E-state index >= 15 is 0 Å². The van der Waals surface area contributed by atoms with Crippen LogP contribution in [0.4, 0.5) is 10.8 Å². The van der Waals surface area contributed by atoms with Crippen LogP contribution in [0.5, 0.6) is 5.88 Å². The normalized spacial score (nSPS) is 13.1. The molecule has 1 aromatic heterocycles. The van der Waals surface area contributed by atoms with Crippen LogP contribution in [0.1, 0.15) is 16.0 Å². The summed E-state index contributed by atoms with van der Waals surface area (Å²) >= 11 is 1.30. The maximum Gasteiger partial charge on any atom is 0.307 e. The van der Waals surface area contributed by atoms with Crippen molar-refractivity contribution in [3.63, 3.8) is 0 Å². The second-order valence-electron chi connectivity index (χ2n) is 6.51. The number of carboxylic acids is 1. The molecule has 0 fully saturated rings. The van der Waals surface area contributed by atoms with Crippen molar-refractivity contribution in [3.05, 3.63) is 75.0 Å². The average molecular weight is 404 g/mol.